The van der Waals surface area contributed by atoms with Gasteiger partial charge in [0.25, 0.3) is 0 Å². The first kappa shape index (κ1) is 11.0. The number of nitrogens with zero attached hydrogens (tertiary/aromatic N) is 1. The van der Waals surface area contributed by atoms with Crippen LogP contribution in [0.3, 0.4) is 0 Å². The van der Waals surface area contributed by atoms with E-state index in [9.17, 15) is 4.79 Å². The lowest BCUT2D eigenvalue weighted by Crippen LogP contribution is -2.10. The molecule has 0 aromatic heterocycles. The third-order valence-electron chi connectivity index (χ3n) is 1.68. The Morgan fingerprint density at radius 2 is 2.36 bits per heavy atom. The van der Waals surface area contributed by atoms with Crippen molar-refractivity contribution in [3.8, 4) is 6.07 Å². The Balaban J connectivity index is 2.74. The summed E-state index contributed by atoms with van der Waals surface area (Å²) in [6, 6.07) is 7.44. The van der Waals surface area contributed by atoms with Crippen molar-refractivity contribution in [1.29, 1.82) is 5.26 Å². The van der Waals surface area contributed by atoms with Crippen LogP contribution in [0.25, 0.3) is 0 Å². The third-order valence-corrected chi connectivity index (χ3v) is 2.89. The topological polar surface area (TPSA) is 52.9 Å². The second-order valence-electron chi connectivity index (χ2n) is 2.85. The molecule has 0 aliphatic carbocycles. The summed E-state index contributed by atoms with van der Waals surface area (Å²) in [6.45, 7) is 1.97. The van der Waals surface area contributed by atoms with Crippen LogP contribution in [0.4, 0.5) is 5.69 Å². The van der Waals surface area contributed by atoms with Crippen molar-refractivity contribution >= 4 is 34.2 Å². The Bertz CT molecular complexity index is 396. The lowest BCUT2D eigenvalue weighted by Gasteiger charge is -2.04. The summed E-state index contributed by atoms with van der Waals surface area (Å²) in [4.78, 5) is 11.1. The lowest BCUT2D eigenvalue weighted by molar-refractivity contribution is -0.115. The van der Waals surface area contributed by atoms with E-state index in [2.05, 4.69) is 27.9 Å². The van der Waals surface area contributed by atoms with Crippen LogP contribution in [0.5, 0.6) is 0 Å². The minimum atomic E-state index is -0.270. The maximum Gasteiger partial charge on any atom is 0.238 e. The van der Waals surface area contributed by atoms with E-state index in [4.69, 9.17) is 5.26 Å². The SMILES string of the molecule is Cc1cc(NC(=O)CC#N)ccc1I. The lowest BCUT2D eigenvalue weighted by atomic mass is 10.2. The van der Waals surface area contributed by atoms with Crippen LogP contribution >= 0.6 is 22.6 Å². The standard InChI is InChI=1S/C10H9IN2O/c1-7-6-8(2-3-9(7)11)13-10(14)4-5-12/h2-3,6H,4H2,1H3,(H,13,14). The predicted molar refractivity (Wildman–Crippen MR) is 62.8 cm³/mol. The molecule has 0 atom stereocenters. The Kier molecular flexibility index (Phi) is 3.89. The van der Waals surface area contributed by atoms with Crippen LogP contribution in [0.15, 0.2) is 18.2 Å². The number of benzene rings is 1. The molecule has 1 N–H and O–H groups in total. The average molecular weight is 300 g/mol. The smallest absolute Gasteiger partial charge is 0.238 e. The zero-order chi connectivity index (χ0) is 10.6. The molecule has 0 bridgehead atoms. The molecule has 1 rings (SSSR count). The molecule has 1 aromatic carbocycles. The molecule has 72 valence electrons. The number of halogens is 1. The van der Waals surface area contributed by atoms with Crippen LogP contribution in [0.2, 0.25) is 0 Å². The van der Waals surface area contributed by atoms with Crippen molar-refractivity contribution in [2.45, 2.75) is 13.3 Å². The van der Waals surface area contributed by atoms with Gasteiger partial charge in [-0.3, -0.25) is 4.79 Å². The van der Waals surface area contributed by atoms with E-state index in [-0.39, 0.29) is 12.3 Å². The van der Waals surface area contributed by atoms with E-state index in [0.29, 0.717) is 0 Å². The number of rotatable bonds is 2. The number of anilines is 1. The third kappa shape index (κ3) is 3.00. The summed E-state index contributed by atoms with van der Waals surface area (Å²) in [6.07, 6.45) is -0.106. The monoisotopic (exact) mass is 300 g/mol. The first-order valence-electron chi connectivity index (χ1n) is 4.06. The first-order valence-corrected chi connectivity index (χ1v) is 5.14. The molecule has 0 aliphatic heterocycles. The van der Waals surface area contributed by atoms with Crippen molar-refractivity contribution in [3.05, 3.63) is 27.3 Å². The molecule has 0 spiro atoms. The quantitative estimate of drug-likeness (QED) is 0.853. The molecule has 1 amide bonds. The highest BCUT2D eigenvalue weighted by Crippen LogP contribution is 2.16. The molecular formula is C10H9IN2O. The number of carbonyl (C=O) groups excluding carboxylic acids is 1. The fourth-order valence-corrected chi connectivity index (χ4v) is 1.33. The van der Waals surface area contributed by atoms with Crippen LogP contribution in [0, 0.1) is 21.8 Å². The van der Waals surface area contributed by atoms with Crippen molar-refractivity contribution in [2.75, 3.05) is 5.32 Å². The first-order chi connectivity index (χ1) is 6.63. The fourth-order valence-electron chi connectivity index (χ4n) is 0.999. The normalized spacial score (nSPS) is 9.21. The number of nitriles is 1. The van der Waals surface area contributed by atoms with Gasteiger partial charge in [-0.1, -0.05) is 0 Å². The van der Waals surface area contributed by atoms with Gasteiger partial charge < -0.3 is 5.32 Å². The van der Waals surface area contributed by atoms with E-state index < -0.39 is 0 Å². The Morgan fingerprint density at radius 3 is 2.93 bits per heavy atom. The average Bonchev–Trinajstić information content (AvgIpc) is 2.12. The molecule has 0 aliphatic rings. The Hall–Kier alpha value is -1.09. The predicted octanol–water partition coefficient (Wildman–Crippen LogP) is 2.45. The van der Waals surface area contributed by atoms with Gasteiger partial charge in [-0.15, -0.1) is 0 Å². The van der Waals surface area contributed by atoms with Gasteiger partial charge in [0.05, 0.1) is 6.07 Å². The summed E-state index contributed by atoms with van der Waals surface area (Å²) >= 11 is 2.23. The van der Waals surface area contributed by atoms with E-state index in [1.807, 2.05) is 25.1 Å². The van der Waals surface area contributed by atoms with Gasteiger partial charge in [-0.05, 0) is 53.3 Å². The van der Waals surface area contributed by atoms with E-state index in [1.165, 1.54) is 0 Å². The van der Waals surface area contributed by atoms with E-state index in [1.54, 1.807) is 6.07 Å². The van der Waals surface area contributed by atoms with Gasteiger partial charge in [0, 0.05) is 9.26 Å². The summed E-state index contributed by atoms with van der Waals surface area (Å²) in [5.74, 6) is -0.270. The number of carbonyl (C=O) groups is 1. The highest BCUT2D eigenvalue weighted by Gasteiger charge is 2.02. The Morgan fingerprint density at radius 1 is 1.64 bits per heavy atom. The fraction of sp³-hybridized carbons (Fsp3) is 0.200. The molecule has 0 saturated carbocycles. The largest absolute Gasteiger partial charge is 0.325 e. The zero-order valence-electron chi connectivity index (χ0n) is 7.67. The van der Waals surface area contributed by atoms with E-state index >= 15 is 0 Å². The van der Waals surface area contributed by atoms with Crippen LogP contribution in [-0.2, 0) is 4.79 Å². The minimum Gasteiger partial charge on any atom is -0.325 e. The van der Waals surface area contributed by atoms with Gasteiger partial charge >= 0.3 is 0 Å². The molecule has 0 radical (unpaired) electrons. The number of hydrogen-bond donors (Lipinski definition) is 1. The van der Waals surface area contributed by atoms with Crippen LogP contribution in [0.1, 0.15) is 12.0 Å². The molecule has 0 unspecified atom stereocenters. The molecule has 0 heterocycles. The molecule has 1 aromatic rings. The summed E-state index contributed by atoms with van der Waals surface area (Å²) < 4.78 is 1.15. The van der Waals surface area contributed by atoms with E-state index in [0.717, 1.165) is 14.8 Å². The van der Waals surface area contributed by atoms with Gasteiger partial charge in [-0.25, -0.2) is 0 Å². The van der Waals surface area contributed by atoms with Gasteiger partial charge in [0.15, 0.2) is 0 Å². The Labute approximate surface area is 96.3 Å². The summed E-state index contributed by atoms with van der Waals surface area (Å²) in [5, 5.41) is 10.9. The van der Waals surface area contributed by atoms with Gasteiger partial charge in [0.2, 0.25) is 5.91 Å². The summed E-state index contributed by atoms with van der Waals surface area (Å²) in [5.41, 5.74) is 1.85. The summed E-state index contributed by atoms with van der Waals surface area (Å²) in [7, 11) is 0. The van der Waals surface area contributed by atoms with Crippen molar-refractivity contribution < 1.29 is 4.79 Å². The molecule has 0 saturated heterocycles. The second-order valence-corrected chi connectivity index (χ2v) is 4.01. The number of nitrogens with one attached hydrogen (secondary N) is 1. The maximum absolute atomic E-state index is 11.1. The van der Waals surface area contributed by atoms with Crippen molar-refractivity contribution in [3.63, 3.8) is 0 Å². The molecule has 3 nitrogen and oxygen atoms in total. The highest BCUT2D eigenvalue weighted by molar-refractivity contribution is 14.1. The molecular weight excluding hydrogens is 291 g/mol. The van der Waals surface area contributed by atoms with Gasteiger partial charge in [0.1, 0.15) is 6.42 Å². The molecule has 4 heteroatoms. The number of hydrogen-bond acceptors (Lipinski definition) is 2. The number of aryl methyl sites for hydroxylation is 1. The maximum atomic E-state index is 11.1. The number of amides is 1. The highest BCUT2D eigenvalue weighted by atomic mass is 127. The second kappa shape index (κ2) is 4.96. The van der Waals surface area contributed by atoms with Crippen LogP contribution in [-0.4, -0.2) is 5.91 Å². The van der Waals surface area contributed by atoms with Crippen molar-refractivity contribution in [2.24, 2.45) is 0 Å². The van der Waals surface area contributed by atoms with Crippen molar-refractivity contribution in [1.82, 2.24) is 0 Å². The van der Waals surface area contributed by atoms with Crippen LogP contribution < -0.4 is 5.32 Å². The molecule has 14 heavy (non-hydrogen) atoms. The van der Waals surface area contributed by atoms with Gasteiger partial charge in [-0.2, -0.15) is 5.26 Å². The zero-order valence-corrected chi connectivity index (χ0v) is 9.83. The molecule has 0 fully saturated rings. The minimum absolute atomic E-state index is 0.106.